The number of fused-ring (bicyclic) bond motifs is 1. The number of ether oxygens (including phenoxy) is 2. The van der Waals surface area contributed by atoms with E-state index in [2.05, 4.69) is 20.8 Å². The standard InChI is InChI=1S/C19H20N6O7S/c1-24-18(21-22-23-24)33-9-11-8-32-17-19(31-2,16(30)25(17)14(11)15(28)29)20-13(27)7-10-3-5-12(26)6-4-10/h3-6,17,26H,7-9H2,1-2H3,(H,20,27)(H,28,29)/t17?,19-/m0/s1. The number of aliphatic carboxylic acids is 1. The number of amides is 2. The van der Waals surface area contributed by atoms with Crippen molar-refractivity contribution in [3.8, 4) is 5.75 Å². The number of β-lactam (4-membered cyclic amide) rings is 1. The molecule has 13 nitrogen and oxygen atoms in total. The van der Waals surface area contributed by atoms with Gasteiger partial charge in [-0.1, -0.05) is 23.9 Å². The fourth-order valence-corrected chi connectivity index (χ4v) is 4.44. The summed E-state index contributed by atoms with van der Waals surface area (Å²) in [5, 5.41) is 33.2. The van der Waals surface area contributed by atoms with Gasteiger partial charge in [-0.05, 0) is 33.7 Å². The Morgan fingerprint density at radius 1 is 1.36 bits per heavy atom. The second-order valence-electron chi connectivity index (χ2n) is 7.30. The highest BCUT2D eigenvalue weighted by atomic mass is 32.2. The third kappa shape index (κ3) is 4.03. The van der Waals surface area contributed by atoms with Crippen LogP contribution >= 0.6 is 11.8 Å². The number of hydrogen-bond acceptors (Lipinski definition) is 10. The van der Waals surface area contributed by atoms with E-state index in [0.29, 0.717) is 16.3 Å². The first-order valence-corrected chi connectivity index (χ1v) is 10.6. The Labute approximate surface area is 191 Å². The number of carbonyl (C=O) groups is 3. The number of benzene rings is 1. The van der Waals surface area contributed by atoms with Gasteiger partial charge in [0.15, 0.2) is 6.23 Å². The Balaban J connectivity index is 1.51. The number of carbonyl (C=O) groups excluding carboxylic acids is 2. The maximum Gasteiger partial charge on any atom is 0.352 e. The monoisotopic (exact) mass is 476 g/mol. The Kier molecular flexibility index (Phi) is 6.05. The fraction of sp³-hybridized carbons (Fsp3) is 0.368. The number of methoxy groups -OCH3 is 1. The van der Waals surface area contributed by atoms with Crippen LogP contribution < -0.4 is 5.32 Å². The highest BCUT2D eigenvalue weighted by Crippen LogP contribution is 2.41. The largest absolute Gasteiger partial charge is 0.508 e. The van der Waals surface area contributed by atoms with Crippen LogP contribution in [0.2, 0.25) is 0 Å². The topological polar surface area (TPSA) is 169 Å². The van der Waals surface area contributed by atoms with Crippen molar-refractivity contribution in [2.24, 2.45) is 7.05 Å². The van der Waals surface area contributed by atoms with E-state index in [1.165, 1.54) is 35.7 Å². The zero-order valence-corrected chi connectivity index (χ0v) is 18.4. The number of rotatable bonds is 8. The summed E-state index contributed by atoms with van der Waals surface area (Å²) in [6.45, 7) is -0.0900. The third-order valence-electron chi connectivity index (χ3n) is 5.22. The first-order chi connectivity index (χ1) is 15.8. The van der Waals surface area contributed by atoms with Crippen LogP contribution in [-0.2, 0) is 37.3 Å². The summed E-state index contributed by atoms with van der Waals surface area (Å²) in [6, 6.07) is 6.02. The Bertz CT molecular complexity index is 1130. The Hall–Kier alpha value is -3.49. The van der Waals surface area contributed by atoms with Gasteiger partial charge in [-0.2, -0.15) is 0 Å². The molecule has 2 atom stereocenters. The number of carboxylic acids is 1. The highest BCUT2D eigenvalue weighted by Gasteiger charge is 2.67. The average Bonchev–Trinajstić information content (AvgIpc) is 3.21. The molecule has 1 fully saturated rings. The molecule has 0 spiro atoms. The van der Waals surface area contributed by atoms with Crippen molar-refractivity contribution in [3.63, 3.8) is 0 Å². The summed E-state index contributed by atoms with van der Waals surface area (Å²) in [5.41, 5.74) is -1.10. The van der Waals surface area contributed by atoms with Crippen molar-refractivity contribution in [1.82, 2.24) is 30.4 Å². The van der Waals surface area contributed by atoms with E-state index < -0.39 is 29.7 Å². The van der Waals surface area contributed by atoms with Crippen LogP contribution in [0.15, 0.2) is 40.7 Å². The number of phenolic OH excluding ortho intramolecular Hbond substituents is 1. The van der Waals surface area contributed by atoms with Crippen LogP contribution in [0.3, 0.4) is 0 Å². The number of tetrazole rings is 1. The van der Waals surface area contributed by atoms with E-state index in [0.717, 1.165) is 4.90 Å². The van der Waals surface area contributed by atoms with Crippen LogP contribution in [0.4, 0.5) is 0 Å². The van der Waals surface area contributed by atoms with Crippen molar-refractivity contribution < 1.29 is 34.1 Å². The highest BCUT2D eigenvalue weighted by molar-refractivity contribution is 7.99. The summed E-state index contributed by atoms with van der Waals surface area (Å²) < 4.78 is 12.5. The lowest BCUT2D eigenvalue weighted by Gasteiger charge is -2.55. The minimum Gasteiger partial charge on any atom is -0.508 e. The molecule has 2 amide bonds. The molecule has 3 heterocycles. The Morgan fingerprint density at radius 3 is 2.70 bits per heavy atom. The molecule has 0 bridgehead atoms. The molecule has 2 aliphatic rings. The molecule has 0 radical (unpaired) electrons. The SMILES string of the molecule is CO[C@@]1(NC(=O)Cc2ccc(O)cc2)C(=O)N2C(C(=O)O)=C(CSc3nnnn3C)COC21. The smallest absolute Gasteiger partial charge is 0.352 e. The molecule has 0 saturated carbocycles. The van der Waals surface area contributed by atoms with E-state index in [4.69, 9.17) is 9.47 Å². The Morgan fingerprint density at radius 2 is 2.09 bits per heavy atom. The summed E-state index contributed by atoms with van der Waals surface area (Å²) in [4.78, 5) is 38.6. The van der Waals surface area contributed by atoms with Gasteiger partial charge < -0.3 is 25.0 Å². The molecule has 33 heavy (non-hydrogen) atoms. The van der Waals surface area contributed by atoms with Crippen molar-refractivity contribution in [2.45, 2.75) is 23.5 Å². The van der Waals surface area contributed by atoms with Crippen LogP contribution in [0.5, 0.6) is 5.75 Å². The van der Waals surface area contributed by atoms with E-state index in [9.17, 15) is 24.6 Å². The van der Waals surface area contributed by atoms with Crippen molar-refractivity contribution in [1.29, 1.82) is 0 Å². The van der Waals surface area contributed by atoms with Crippen molar-refractivity contribution >= 4 is 29.5 Å². The number of carboxylic acid groups (broad SMARTS) is 1. The van der Waals surface area contributed by atoms with Gasteiger partial charge in [0.05, 0.1) is 13.0 Å². The minimum atomic E-state index is -1.85. The molecule has 0 aliphatic carbocycles. The lowest BCUT2D eigenvalue weighted by atomic mass is 9.94. The van der Waals surface area contributed by atoms with Gasteiger partial charge in [0.25, 0.3) is 11.6 Å². The number of nitrogens with zero attached hydrogens (tertiary/aromatic N) is 5. The molecule has 4 rings (SSSR count). The molecule has 1 aromatic carbocycles. The molecule has 1 saturated heterocycles. The molecule has 2 aromatic rings. The first kappa shape index (κ1) is 22.7. The molecule has 2 aliphatic heterocycles. The zero-order chi connectivity index (χ0) is 23.8. The predicted molar refractivity (Wildman–Crippen MR) is 110 cm³/mol. The summed E-state index contributed by atoms with van der Waals surface area (Å²) >= 11 is 1.20. The maximum absolute atomic E-state index is 13.1. The molecule has 1 aromatic heterocycles. The lowest BCUT2D eigenvalue weighted by molar-refractivity contribution is -0.258. The normalized spacial score (nSPS) is 22.1. The molecule has 14 heteroatoms. The van der Waals surface area contributed by atoms with Gasteiger partial charge in [0.1, 0.15) is 11.4 Å². The molecular formula is C19H20N6O7S. The number of hydrogen-bond donors (Lipinski definition) is 3. The molecular weight excluding hydrogens is 456 g/mol. The van der Waals surface area contributed by atoms with Crippen LogP contribution in [0.25, 0.3) is 0 Å². The average molecular weight is 476 g/mol. The van der Waals surface area contributed by atoms with E-state index in [1.54, 1.807) is 19.2 Å². The van der Waals surface area contributed by atoms with Gasteiger partial charge >= 0.3 is 5.97 Å². The maximum atomic E-state index is 13.1. The van der Waals surface area contributed by atoms with E-state index >= 15 is 0 Å². The number of nitrogens with one attached hydrogen (secondary N) is 1. The number of thioether (sulfide) groups is 1. The number of phenols is 1. The fourth-order valence-electron chi connectivity index (χ4n) is 3.60. The summed E-state index contributed by atoms with van der Waals surface area (Å²) in [7, 11) is 2.88. The third-order valence-corrected chi connectivity index (χ3v) is 6.31. The zero-order valence-electron chi connectivity index (χ0n) is 17.6. The first-order valence-electron chi connectivity index (χ1n) is 9.66. The van der Waals surface area contributed by atoms with Crippen molar-refractivity contribution in [2.75, 3.05) is 19.5 Å². The van der Waals surface area contributed by atoms with Crippen LogP contribution in [0, 0.1) is 0 Å². The van der Waals surface area contributed by atoms with E-state index in [-0.39, 0.29) is 30.2 Å². The van der Waals surface area contributed by atoms with Crippen molar-refractivity contribution in [3.05, 3.63) is 41.1 Å². The summed E-state index contributed by atoms with van der Waals surface area (Å²) in [5.74, 6) is -2.35. The van der Waals surface area contributed by atoms with Crippen LogP contribution in [-0.4, -0.2) is 84.5 Å². The van der Waals surface area contributed by atoms with Gasteiger partial charge in [-0.25, -0.2) is 9.48 Å². The lowest BCUT2D eigenvalue weighted by Crippen LogP contribution is -2.82. The molecule has 1 unspecified atom stereocenters. The van der Waals surface area contributed by atoms with E-state index in [1.807, 2.05) is 0 Å². The van der Waals surface area contributed by atoms with Gasteiger partial charge in [-0.3, -0.25) is 14.5 Å². The second-order valence-corrected chi connectivity index (χ2v) is 8.24. The number of aromatic nitrogens is 4. The number of aryl methyl sites for hydroxylation is 1. The van der Waals surface area contributed by atoms with Gasteiger partial charge in [0.2, 0.25) is 11.1 Å². The predicted octanol–water partition coefficient (Wildman–Crippen LogP) is -0.753. The quantitative estimate of drug-likeness (QED) is 0.249. The molecule has 3 N–H and O–H groups in total. The van der Waals surface area contributed by atoms with Gasteiger partial charge in [-0.15, -0.1) is 5.10 Å². The second kappa shape index (κ2) is 8.80. The minimum absolute atomic E-state index is 0.0605. The summed E-state index contributed by atoms with van der Waals surface area (Å²) in [6.07, 6.45) is -1.23. The number of aromatic hydroxyl groups is 1. The van der Waals surface area contributed by atoms with Gasteiger partial charge in [0, 0.05) is 19.9 Å². The van der Waals surface area contributed by atoms with Crippen LogP contribution in [0.1, 0.15) is 5.56 Å². The molecule has 174 valence electrons.